The summed E-state index contributed by atoms with van der Waals surface area (Å²) in [6.45, 7) is 6.08. The molecule has 1 N–H and O–H groups in total. The van der Waals surface area contributed by atoms with Crippen LogP contribution in [0.25, 0.3) is 6.08 Å². The van der Waals surface area contributed by atoms with Gasteiger partial charge in [0.1, 0.15) is 5.15 Å². The van der Waals surface area contributed by atoms with Gasteiger partial charge in [-0.05, 0) is 51.2 Å². The van der Waals surface area contributed by atoms with E-state index in [-0.39, 0.29) is 18.6 Å². The number of aromatic nitrogens is 2. The van der Waals surface area contributed by atoms with Gasteiger partial charge in [-0.3, -0.25) is 4.79 Å². The number of amides is 1. The third-order valence-corrected chi connectivity index (χ3v) is 5.41. The van der Waals surface area contributed by atoms with Crippen LogP contribution in [0.5, 0.6) is 0 Å². The Hall–Kier alpha value is -2.60. The van der Waals surface area contributed by atoms with Crippen LogP contribution in [-0.4, -0.2) is 34.3 Å². The third-order valence-electron chi connectivity index (χ3n) is 5.01. The molecule has 1 aromatic heterocycles. The maximum absolute atomic E-state index is 11.9. The highest BCUT2D eigenvalue weighted by Gasteiger charge is 2.28. The molecular weight excluding hydrogens is 390 g/mol. The van der Waals surface area contributed by atoms with Crippen molar-refractivity contribution in [3.05, 3.63) is 57.9 Å². The molecular formula is C22H26ClN3O3. The highest BCUT2D eigenvalue weighted by molar-refractivity contribution is 6.31. The number of nitrogens with one attached hydrogen (secondary N) is 1. The van der Waals surface area contributed by atoms with E-state index in [0.717, 1.165) is 18.4 Å². The van der Waals surface area contributed by atoms with Crippen molar-refractivity contribution in [2.75, 3.05) is 6.61 Å². The fraction of sp³-hybridized carbons (Fsp3) is 0.409. The van der Waals surface area contributed by atoms with Crippen LogP contribution in [0.1, 0.15) is 42.1 Å². The van der Waals surface area contributed by atoms with Gasteiger partial charge in [0.2, 0.25) is 0 Å². The second kappa shape index (κ2) is 9.27. The van der Waals surface area contributed by atoms with Crippen molar-refractivity contribution in [2.24, 2.45) is 5.92 Å². The van der Waals surface area contributed by atoms with Crippen LogP contribution >= 0.6 is 11.6 Å². The Kier molecular flexibility index (Phi) is 6.75. The second-order valence-corrected chi connectivity index (χ2v) is 7.93. The van der Waals surface area contributed by atoms with E-state index in [0.29, 0.717) is 28.9 Å². The van der Waals surface area contributed by atoms with Crippen LogP contribution in [0.3, 0.4) is 0 Å². The van der Waals surface area contributed by atoms with Crippen LogP contribution in [0.2, 0.25) is 5.15 Å². The lowest BCUT2D eigenvalue weighted by Gasteiger charge is -2.12. The Morgan fingerprint density at radius 2 is 2.00 bits per heavy atom. The molecule has 1 aliphatic rings. The third kappa shape index (κ3) is 5.94. The molecule has 0 bridgehead atoms. The van der Waals surface area contributed by atoms with E-state index in [1.54, 1.807) is 10.8 Å². The first-order valence-electron chi connectivity index (χ1n) is 9.76. The topological polar surface area (TPSA) is 73.2 Å². The monoisotopic (exact) mass is 415 g/mol. The van der Waals surface area contributed by atoms with Gasteiger partial charge in [0.15, 0.2) is 6.61 Å². The Morgan fingerprint density at radius 1 is 1.31 bits per heavy atom. The maximum Gasteiger partial charge on any atom is 0.331 e. The first-order valence-corrected chi connectivity index (χ1v) is 10.1. The molecule has 0 spiro atoms. The number of aryl methyl sites for hydroxylation is 2. The molecule has 0 radical (unpaired) electrons. The lowest BCUT2D eigenvalue weighted by atomic mass is 10.1. The van der Waals surface area contributed by atoms with Crippen molar-refractivity contribution in [1.82, 2.24) is 15.1 Å². The zero-order valence-corrected chi connectivity index (χ0v) is 17.7. The Morgan fingerprint density at radius 3 is 2.66 bits per heavy atom. The molecule has 1 fully saturated rings. The fourth-order valence-electron chi connectivity index (χ4n) is 3.07. The van der Waals surface area contributed by atoms with Crippen molar-refractivity contribution >= 4 is 29.6 Å². The molecule has 0 saturated heterocycles. The molecule has 1 saturated carbocycles. The predicted octanol–water partition coefficient (Wildman–Crippen LogP) is 3.67. The molecule has 7 heteroatoms. The quantitative estimate of drug-likeness (QED) is 0.527. The molecule has 3 rings (SSSR count). The number of hydrogen-bond donors (Lipinski definition) is 1. The highest BCUT2D eigenvalue weighted by atomic mass is 35.5. The highest BCUT2D eigenvalue weighted by Crippen LogP contribution is 2.32. The summed E-state index contributed by atoms with van der Waals surface area (Å²) < 4.78 is 6.71. The molecule has 1 aliphatic carbocycles. The van der Waals surface area contributed by atoms with Crippen LogP contribution in [0.15, 0.2) is 30.3 Å². The standard InChI is InChI=1S/C22H26ClN3O3/c1-14-4-6-17(7-5-14)12-26-22(23)19(16(3)25-26)10-11-21(28)29-13-20(27)24-15(2)18-8-9-18/h4-7,10-11,15,18H,8-9,12-13H2,1-3H3,(H,24,27)/b11-10+/t15-/m0/s1. The van der Waals surface area contributed by atoms with E-state index in [4.69, 9.17) is 16.3 Å². The summed E-state index contributed by atoms with van der Waals surface area (Å²) in [5.74, 6) is -0.330. The first-order chi connectivity index (χ1) is 13.8. The molecule has 1 aromatic carbocycles. The van der Waals surface area contributed by atoms with Gasteiger partial charge in [-0.1, -0.05) is 41.4 Å². The average Bonchev–Trinajstić information content (AvgIpc) is 3.49. The zero-order chi connectivity index (χ0) is 21.0. The number of ether oxygens (including phenoxy) is 1. The number of halogens is 1. The van der Waals surface area contributed by atoms with Crippen molar-refractivity contribution < 1.29 is 14.3 Å². The van der Waals surface area contributed by atoms with Gasteiger partial charge >= 0.3 is 5.97 Å². The van der Waals surface area contributed by atoms with Crippen LogP contribution in [0.4, 0.5) is 0 Å². The van der Waals surface area contributed by atoms with Gasteiger partial charge in [0, 0.05) is 17.7 Å². The normalized spacial score (nSPS) is 14.8. The summed E-state index contributed by atoms with van der Waals surface area (Å²) >= 11 is 6.45. The number of rotatable bonds is 8. The lowest BCUT2D eigenvalue weighted by Crippen LogP contribution is -2.36. The van der Waals surface area contributed by atoms with Crippen molar-refractivity contribution in [2.45, 2.75) is 46.2 Å². The van der Waals surface area contributed by atoms with Gasteiger partial charge in [0.25, 0.3) is 5.91 Å². The van der Waals surface area contributed by atoms with Crippen molar-refractivity contribution in [3.63, 3.8) is 0 Å². The number of carbonyl (C=O) groups is 2. The second-order valence-electron chi connectivity index (χ2n) is 7.57. The SMILES string of the molecule is Cc1ccc(Cn2nc(C)c(/C=C/C(=O)OCC(=O)N[C@@H](C)C3CC3)c2Cl)cc1. The van der Waals surface area contributed by atoms with E-state index < -0.39 is 5.97 Å². The molecule has 1 atom stereocenters. The molecule has 29 heavy (non-hydrogen) atoms. The van der Waals surface area contributed by atoms with E-state index in [1.165, 1.54) is 11.6 Å². The van der Waals surface area contributed by atoms with E-state index in [1.807, 2.05) is 45.0 Å². The van der Waals surface area contributed by atoms with Crippen molar-refractivity contribution in [1.29, 1.82) is 0 Å². The molecule has 6 nitrogen and oxygen atoms in total. The summed E-state index contributed by atoms with van der Waals surface area (Å²) in [5.41, 5.74) is 3.64. The number of carbonyl (C=O) groups excluding carboxylic acids is 2. The van der Waals surface area contributed by atoms with Crippen molar-refractivity contribution in [3.8, 4) is 0 Å². The van der Waals surface area contributed by atoms with E-state index in [9.17, 15) is 9.59 Å². The van der Waals surface area contributed by atoms with Gasteiger partial charge in [-0.15, -0.1) is 0 Å². The number of benzene rings is 1. The largest absolute Gasteiger partial charge is 0.452 e. The summed E-state index contributed by atoms with van der Waals surface area (Å²) in [6.07, 6.45) is 5.12. The molecule has 0 aliphatic heterocycles. The van der Waals surface area contributed by atoms with Crippen LogP contribution in [-0.2, 0) is 20.9 Å². The predicted molar refractivity (Wildman–Crippen MR) is 113 cm³/mol. The minimum Gasteiger partial charge on any atom is -0.452 e. The summed E-state index contributed by atoms with van der Waals surface area (Å²) in [6, 6.07) is 8.27. The van der Waals surface area contributed by atoms with Gasteiger partial charge < -0.3 is 10.1 Å². The van der Waals surface area contributed by atoms with Crippen LogP contribution in [0, 0.1) is 19.8 Å². The number of esters is 1. The van der Waals surface area contributed by atoms with Gasteiger partial charge in [-0.25, -0.2) is 9.48 Å². The minimum absolute atomic E-state index is 0.123. The Balaban J connectivity index is 1.55. The minimum atomic E-state index is -0.596. The molecule has 0 unspecified atom stereocenters. The van der Waals surface area contributed by atoms with E-state index in [2.05, 4.69) is 10.4 Å². The number of hydrogen-bond acceptors (Lipinski definition) is 4. The molecule has 154 valence electrons. The number of nitrogens with zero attached hydrogens (tertiary/aromatic N) is 2. The fourth-order valence-corrected chi connectivity index (χ4v) is 3.37. The Labute approximate surface area is 175 Å². The smallest absolute Gasteiger partial charge is 0.331 e. The zero-order valence-electron chi connectivity index (χ0n) is 16.9. The maximum atomic E-state index is 11.9. The molecule has 1 heterocycles. The first kappa shape index (κ1) is 21.1. The Bertz CT molecular complexity index is 914. The average molecular weight is 416 g/mol. The van der Waals surface area contributed by atoms with E-state index >= 15 is 0 Å². The molecule has 2 aromatic rings. The van der Waals surface area contributed by atoms with Gasteiger partial charge in [0.05, 0.1) is 12.2 Å². The van der Waals surface area contributed by atoms with Gasteiger partial charge in [-0.2, -0.15) is 5.10 Å². The van der Waals surface area contributed by atoms with Crippen LogP contribution < -0.4 is 5.32 Å². The summed E-state index contributed by atoms with van der Waals surface area (Å²) in [5, 5.41) is 7.74. The summed E-state index contributed by atoms with van der Waals surface area (Å²) in [4.78, 5) is 23.8. The summed E-state index contributed by atoms with van der Waals surface area (Å²) in [7, 11) is 0. The lowest BCUT2D eigenvalue weighted by molar-refractivity contribution is -0.144. The molecule has 1 amide bonds.